The average Bonchev–Trinajstić information content (AvgIpc) is 2.88. The van der Waals surface area contributed by atoms with E-state index in [1.807, 2.05) is 0 Å². The lowest BCUT2D eigenvalue weighted by atomic mass is 10.1. The van der Waals surface area contributed by atoms with E-state index in [-0.39, 0.29) is 23.9 Å². The highest BCUT2D eigenvalue weighted by molar-refractivity contribution is 6.23. The molecule has 0 unspecified atom stereocenters. The quantitative estimate of drug-likeness (QED) is 0.612. The van der Waals surface area contributed by atoms with E-state index < -0.39 is 0 Å². The topological polar surface area (TPSA) is 94.1 Å². The number of anilines is 1. The molecule has 0 saturated heterocycles. The Morgan fingerprint density at radius 1 is 1.26 bits per heavy atom. The second kappa shape index (κ2) is 3.91. The molecule has 1 aliphatic heterocycles. The monoisotopic (exact) mass is 257 g/mol. The number of aromatic nitrogens is 3. The highest BCUT2D eigenvalue weighted by Gasteiger charge is 2.37. The van der Waals surface area contributed by atoms with Crippen LogP contribution in [0.4, 0.5) is 5.69 Å². The number of imide groups is 1. The molecule has 0 aliphatic carbocycles. The highest BCUT2D eigenvalue weighted by Crippen LogP contribution is 2.28. The van der Waals surface area contributed by atoms with Crippen LogP contribution in [0.2, 0.25) is 0 Å². The molecule has 7 nitrogen and oxygen atoms in total. The fourth-order valence-corrected chi connectivity index (χ4v) is 2.12. The summed E-state index contributed by atoms with van der Waals surface area (Å²) >= 11 is 0. The molecule has 0 saturated carbocycles. The van der Waals surface area contributed by atoms with Crippen LogP contribution >= 0.6 is 0 Å². The number of rotatable bonds is 2. The van der Waals surface area contributed by atoms with E-state index in [0.717, 1.165) is 4.90 Å². The van der Waals surface area contributed by atoms with Crippen LogP contribution < -0.4 is 5.73 Å². The van der Waals surface area contributed by atoms with E-state index in [9.17, 15) is 9.59 Å². The van der Waals surface area contributed by atoms with E-state index in [2.05, 4.69) is 10.3 Å². The molecule has 2 aromatic rings. The third kappa shape index (κ3) is 1.59. The maximum absolute atomic E-state index is 12.2. The molecule has 3 rings (SSSR count). The molecular weight excluding hydrogens is 246 g/mol. The summed E-state index contributed by atoms with van der Waals surface area (Å²) in [6.07, 6.45) is 1.52. The number of hydrogen-bond acceptors (Lipinski definition) is 5. The summed E-state index contributed by atoms with van der Waals surface area (Å²) in [7, 11) is 1.70. The molecule has 1 aromatic carbocycles. The van der Waals surface area contributed by atoms with Gasteiger partial charge in [-0.15, -0.1) is 5.10 Å². The van der Waals surface area contributed by atoms with Gasteiger partial charge in [-0.1, -0.05) is 11.3 Å². The number of carbonyl (C=O) groups is 2. The fraction of sp³-hybridized carbons (Fsp3) is 0.167. The first kappa shape index (κ1) is 11.4. The van der Waals surface area contributed by atoms with Crippen molar-refractivity contribution in [3.8, 4) is 0 Å². The molecular formula is C12H11N5O2. The van der Waals surface area contributed by atoms with Gasteiger partial charge in [-0.3, -0.25) is 19.2 Å². The first-order valence-corrected chi connectivity index (χ1v) is 5.68. The number of nitrogens with zero attached hydrogens (tertiary/aromatic N) is 4. The van der Waals surface area contributed by atoms with Gasteiger partial charge in [0.05, 0.1) is 29.6 Å². The van der Waals surface area contributed by atoms with E-state index in [4.69, 9.17) is 5.73 Å². The number of nitrogen functional groups attached to an aromatic ring is 1. The predicted molar refractivity (Wildman–Crippen MR) is 66.1 cm³/mol. The van der Waals surface area contributed by atoms with Crippen LogP contribution in [0.3, 0.4) is 0 Å². The van der Waals surface area contributed by atoms with Gasteiger partial charge in [-0.25, -0.2) is 0 Å². The third-order valence-electron chi connectivity index (χ3n) is 3.16. The Balaban J connectivity index is 1.99. The summed E-state index contributed by atoms with van der Waals surface area (Å²) in [5.41, 5.74) is 7.38. The van der Waals surface area contributed by atoms with E-state index in [1.54, 1.807) is 25.2 Å². The van der Waals surface area contributed by atoms with E-state index in [1.165, 1.54) is 10.9 Å². The molecule has 7 heteroatoms. The van der Waals surface area contributed by atoms with Crippen LogP contribution in [0.15, 0.2) is 24.4 Å². The molecule has 0 radical (unpaired) electrons. The summed E-state index contributed by atoms with van der Waals surface area (Å²) in [4.78, 5) is 25.6. The van der Waals surface area contributed by atoms with Gasteiger partial charge in [0.2, 0.25) is 0 Å². The Labute approximate surface area is 108 Å². The van der Waals surface area contributed by atoms with Crippen molar-refractivity contribution in [2.24, 2.45) is 7.05 Å². The Morgan fingerprint density at radius 2 is 2.05 bits per heavy atom. The Hall–Kier alpha value is -2.70. The van der Waals surface area contributed by atoms with Crippen LogP contribution in [0.1, 0.15) is 26.4 Å². The predicted octanol–water partition coefficient (Wildman–Crippen LogP) is 0.194. The van der Waals surface area contributed by atoms with Gasteiger partial charge in [0.1, 0.15) is 0 Å². The van der Waals surface area contributed by atoms with Gasteiger partial charge in [-0.05, 0) is 12.1 Å². The molecule has 0 atom stereocenters. The second-order valence-electron chi connectivity index (χ2n) is 4.32. The molecule has 1 aliphatic rings. The first-order chi connectivity index (χ1) is 9.09. The van der Waals surface area contributed by atoms with Crippen molar-refractivity contribution in [3.05, 3.63) is 41.2 Å². The Kier molecular flexibility index (Phi) is 2.34. The van der Waals surface area contributed by atoms with Crippen molar-refractivity contribution >= 4 is 17.5 Å². The molecule has 0 fully saturated rings. The summed E-state index contributed by atoms with van der Waals surface area (Å²) in [6.45, 7) is 0.134. The third-order valence-corrected chi connectivity index (χ3v) is 3.16. The lowest BCUT2D eigenvalue weighted by Crippen LogP contribution is -2.30. The molecule has 1 aromatic heterocycles. The maximum Gasteiger partial charge on any atom is 0.264 e. The van der Waals surface area contributed by atoms with Gasteiger partial charge in [0.15, 0.2) is 0 Å². The maximum atomic E-state index is 12.2. The molecule has 19 heavy (non-hydrogen) atoms. The number of benzene rings is 1. The van der Waals surface area contributed by atoms with Crippen LogP contribution in [-0.4, -0.2) is 31.7 Å². The van der Waals surface area contributed by atoms with Crippen molar-refractivity contribution in [1.82, 2.24) is 19.9 Å². The average molecular weight is 257 g/mol. The summed E-state index contributed by atoms with van der Waals surface area (Å²) < 4.78 is 1.52. The molecule has 0 bridgehead atoms. The van der Waals surface area contributed by atoms with Gasteiger partial charge in [-0.2, -0.15) is 0 Å². The number of amides is 2. The zero-order valence-corrected chi connectivity index (χ0v) is 10.2. The minimum atomic E-state index is -0.376. The minimum Gasteiger partial charge on any atom is -0.398 e. The van der Waals surface area contributed by atoms with Crippen LogP contribution in [0, 0.1) is 0 Å². The van der Waals surface area contributed by atoms with Crippen LogP contribution in [0.5, 0.6) is 0 Å². The van der Waals surface area contributed by atoms with Crippen molar-refractivity contribution in [1.29, 1.82) is 0 Å². The number of fused-ring (bicyclic) bond motifs is 1. The number of nitrogens with two attached hydrogens (primary N) is 1. The summed E-state index contributed by atoms with van der Waals surface area (Å²) in [6, 6.07) is 4.88. The molecule has 2 heterocycles. The molecule has 96 valence electrons. The first-order valence-electron chi connectivity index (χ1n) is 5.68. The Morgan fingerprint density at radius 3 is 2.68 bits per heavy atom. The lowest BCUT2D eigenvalue weighted by Gasteiger charge is -2.13. The van der Waals surface area contributed by atoms with Crippen molar-refractivity contribution in [3.63, 3.8) is 0 Å². The van der Waals surface area contributed by atoms with Crippen molar-refractivity contribution in [2.75, 3.05) is 5.73 Å². The highest BCUT2D eigenvalue weighted by atomic mass is 16.2. The summed E-state index contributed by atoms with van der Waals surface area (Å²) in [5.74, 6) is -0.715. The van der Waals surface area contributed by atoms with Crippen LogP contribution in [0.25, 0.3) is 0 Å². The number of carbonyl (C=O) groups excluding carboxylic acids is 2. The fourth-order valence-electron chi connectivity index (χ4n) is 2.12. The van der Waals surface area contributed by atoms with Crippen LogP contribution in [-0.2, 0) is 13.6 Å². The molecule has 2 amide bonds. The lowest BCUT2D eigenvalue weighted by molar-refractivity contribution is 0.0639. The smallest absolute Gasteiger partial charge is 0.264 e. The van der Waals surface area contributed by atoms with E-state index in [0.29, 0.717) is 16.9 Å². The van der Waals surface area contributed by atoms with Gasteiger partial charge in [0, 0.05) is 12.7 Å². The van der Waals surface area contributed by atoms with E-state index >= 15 is 0 Å². The zero-order chi connectivity index (χ0) is 13.6. The van der Waals surface area contributed by atoms with Gasteiger partial charge >= 0.3 is 0 Å². The van der Waals surface area contributed by atoms with Crippen molar-refractivity contribution < 1.29 is 9.59 Å². The second-order valence-corrected chi connectivity index (χ2v) is 4.32. The summed E-state index contributed by atoms with van der Waals surface area (Å²) in [5, 5.41) is 7.49. The SMILES string of the molecule is Cn1nncc1CN1C(=O)c2cccc(N)c2C1=O. The Bertz CT molecular complexity index is 691. The zero-order valence-electron chi connectivity index (χ0n) is 10.2. The standard InChI is InChI=1S/C12H11N5O2/c1-16-7(5-14-15-16)6-17-11(18)8-3-2-4-9(13)10(8)12(17)19/h2-5H,6,13H2,1H3. The minimum absolute atomic E-state index is 0.134. The van der Waals surface area contributed by atoms with Gasteiger partial charge in [0.25, 0.3) is 11.8 Å². The largest absolute Gasteiger partial charge is 0.398 e. The number of aryl methyl sites for hydroxylation is 1. The number of hydrogen-bond donors (Lipinski definition) is 1. The molecule has 0 spiro atoms. The normalized spacial score (nSPS) is 14.1. The van der Waals surface area contributed by atoms with Crippen molar-refractivity contribution in [2.45, 2.75) is 6.54 Å². The molecule has 2 N–H and O–H groups in total. The van der Waals surface area contributed by atoms with Gasteiger partial charge < -0.3 is 5.73 Å².